The summed E-state index contributed by atoms with van der Waals surface area (Å²) in [6.07, 6.45) is 1.46. The number of anilines is 1. The number of nitrogens with zero attached hydrogens (tertiary/aromatic N) is 2. The van der Waals surface area contributed by atoms with Crippen molar-refractivity contribution in [3.8, 4) is 0 Å². The average molecular weight is 303 g/mol. The second kappa shape index (κ2) is 5.74. The molecule has 0 aliphatic carbocycles. The summed E-state index contributed by atoms with van der Waals surface area (Å²) < 4.78 is 0. The van der Waals surface area contributed by atoms with Gasteiger partial charge in [-0.15, -0.1) is 0 Å². The van der Waals surface area contributed by atoms with E-state index in [1.165, 1.54) is 6.20 Å². The average Bonchev–Trinajstić information content (AvgIpc) is 2.34. The molecule has 1 aromatic heterocycles. The Bertz CT molecular complexity index is 560. The molecule has 0 bridgehead atoms. The van der Waals surface area contributed by atoms with Crippen LogP contribution in [0.1, 0.15) is 18.5 Å². The van der Waals surface area contributed by atoms with Crippen molar-refractivity contribution in [1.82, 2.24) is 9.97 Å². The molecule has 0 aliphatic heterocycles. The Kier molecular flexibility index (Phi) is 4.27. The lowest BCUT2D eigenvalue weighted by Crippen LogP contribution is -2.09. The van der Waals surface area contributed by atoms with Gasteiger partial charge >= 0.3 is 0 Å². The zero-order valence-corrected chi connectivity index (χ0v) is 11.8. The van der Waals surface area contributed by atoms with E-state index in [4.69, 9.17) is 34.8 Å². The van der Waals surface area contributed by atoms with Crippen LogP contribution in [0.15, 0.2) is 30.5 Å². The monoisotopic (exact) mass is 301 g/mol. The first-order valence-corrected chi connectivity index (χ1v) is 6.40. The van der Waals surface area contributed by atoms with Crippen molar-refractivity contribution in [2.24, 2.45) is 0 Å². The quantitative estimate of drug-likeness (QED) is 0.841. The number of rotatable bonds is 3. The van der Waals surface area contributed by atoms with Crippen LogP contribution in [0.5, 0.6) is 0 Å². The van der Waals surface area contributed by atoms with Crippen LogP contribution in [-0.2, 0) is 0 Å². The maximum atomic E-state index is 6.12. The molecule has 0 radical (unpaired) electrons. The normalized spacial score (nSPS) is 12.2. The second-order valence-corrected chi connectivity index (χ2v) is 4.88. The maximum absolute atomic E-state index is 6.12. The molecule has 1 aromatic carbocycles. The fraction of sp³-hybridized carbons (Fsp3) is 0.167. The largest absolute Gasteiger partial charge is 0.362 e. The van der Waals surface area contributed by atoms with Crippen LogP contribution >= 0.6 is 34.8 Å². The fourth-order valence-corrected chi connectivity index (χ4v) is 2.13. The Morgan fingerprint density at radius 3 is 2.56 bits per heavy atom. The molecule has 0 saturated carbocycles. The lowest BCUT2D eigenvalue weighted by Gasteiger charge is -2.16. The van der Waals surface area contributed by atoms with Crippen molar-refractivity contribution in [1.29, 1.82) is 0 Å². The zero-order valence-electron chi connectivity index (χ0n) is 9.49. The third kappa shape index (κ3) is 3.05. The summed E-state index contributed by atoms with van der Waals surface area (Å²) in [5.74, 6) is 0.490. The number of nitrogens with one attached hydrogen (secondary N) is 1. The van der Waals surface area contributed by atoms with Crippen LogP contribution in [0, 0.1) is 0 Å². The molecule has 1 atom stereocenters. The van der Waals surface area contributed by atoms with Gasteiger partial charge < -0.3 is 5.32 Å². The summed E-state index contributed by atoms with van der Waals surface area (Å²) in [7, 11) is 0. The van der Waals surface area contributed by atoms with Crippen molar-refractivity contribution < 1.29 is 0 Å². The molecule has 94 valence electrons. The zero-order chi connectivity index (χ0) is 13.1. The first-order valence-electron chi connectivity index (χ1n) is 5.27. The van der Waals surface area contributed by atoms with Gasteiger partial charge in [-0.25, -0.2) is 4.98 Å². The standard InChI is InChI=1S/C12H10Cl3N3/c1-7(8-4-2-3-5-9(8)13)17-11-10(14)6-16-12(15)18-11/h2-7H,1H3,(H,16,17,18). The molecule has 0 spiro atoms. The van der Waals surface area contributed by atoms with Crippen molar-refractivity contribution in [2.45, 2.75) is 13.0 Å². The number of hydrogen-bond acceptors (Lipinski definition) is 3. The van der Waals surface area contributed by atoms with E-state index in [0.29, 0.717) is 15.9 Å². The first-order chi connectivity index (χ1) is 8.58. The number of hydrogen-bond donors (Lipinski definition) is 1. The van der Waals surface area contributed by atoms with Gasteiger partial charge in [0.15, 0.2) is 0 Å². The van der Waals surface area contributed by atoms with Crippen LogP contribution in [0.4, 0.5) is 5.82 Å². The van der Waals surface area contributed by atoms with E-state index in [1.807, 2.05) is 31.2 Å². The smallest absolute Gasteiger partial charge is 0.224 e. The van der Waals surface area contributed by atoms with Gasteiger partial charge in [0.1, 0.15) is 10.8 Å². The summed E-state index contributed by atoms with van der Waals surface area (Å²) in [6.45, 7) is 1.97. The molecule has 3 nitrogen and oxygen atoms in total. The minimum atomic E-state index is -0.0397. The van der Waals surface area contributed by atoms with Crippen molar-refractivity contribution in [2.75, 3.05) is 5.32 Å². The lowest BCUT2D eigenvalue weighted by atomic mass is 10.1. The number of aromatic nitrogens is 2. The molecule has 18 heavy (non-hydrogen) atoms. The van der Waals surface area contributed by atoms with Crippen molar-refractivity contribution in [3.05, 3.63) is 51.4 Å². The first kappa shape index (κ1) is 13.4. The van der Waals surface area contributed by atoms with Gasteiger partial charge in [-0.3, -0.25) is 0 Å². The fourth-order valence-electron chi connectivity index (χ4n) is 1.56. The van der Waals surface area contributed by atoms with E-state index in [9.17, 15) is 0 Å². The molecular formula is C12H10Cl3N3. The number of halogens is 3. The summed E-state index contributed by atoms with van der Waals surface area (Å²) >= 11 is 17.8. The molecule has 1 heterocycles. The van der Waals surface area contributed by atoms with Gasteiger partial charge in [0.2, 0.25) is 5.28 Å². The topological polar surface area (TPSA) is 37.8 Å². The van der Waals surface area contributed by atoms with E-state index in [-0.39, 0.29) is 11.3 Å². The highest BCUT2D eigenvalue weighted by Gasteiger charge is 2.12. The highest BCUT2D eigenvalue weighted by Crippen LogP contribution is 2.28. The van der Waals surface area contributed by atoms with Crippen LogP contribution in [0.25, 0.3) is 0 Å². The SMILES string of the molecule is CC(Nc1nc(Cl)ncc1Cl)c1ccccc1Cl. The predicted octanol–water partition coefficient (Wildman–Crippen LogP) is 4.61. The maximum Gasteiger partial charge on any atom is 0.224 e. The molecule has 2 rings (SSSR count). The minimum Gasteiger partial charge on any atom is -0.362 e. The molecule has 2 aromatic rings. The third-order valence-corrected chi connectivity index (χ3v) is 3.24. The van der Waals surface area contributed by atoms with Gasteiger partial charge in [0, 0.05) is 5.02 Å². The summed E-state index contributed by atoms with van der Waals surface area (Å²) in [5.41, 5.74) is 0.963. The Morgan fingerprint density at radius 1 is 1.11 bits per heavy atom. The molecule has 0 saturated heterocycles. The molecule has 0 fully saturated rings. The molecule has 0 amide bonds. The van der Waals surface area contributed by atoms with Crippen LogP contribution in [0.3, 0.4) is 0 Å². The van der Waals surface area contributed by atoms with Crippen LogP contribution < -0.4 is 5.32 Å². The Hall–Kier alpha value is -1.03. The lowest BCUT2D eigenvalue weighted by molar-refractivity contribution is 0.872. The summed E-state index contributed by atoms with van der Waals surface area (Å²) in [4.78, 5) is 7.83. The molecular weight excluding hydrogens is 293 g/mol. The summed E-state index contributed by atoms with van der Waals surface area (Å²) in [6, 6.07) is 7.55. The van der Waals surface area contributed by atoms with E-state index in [0.717, 1.165) is 5.56 Å². The Balaban J connectivity index is 2.24. The highest BCUT2D eigenvalue weighted by atomic mass is 35.5. The van der Waals surface area contributed by atoms with Gasteiger partial charge in [-0.2, -0.15) is 4.98 Å². The van der Waals surface area contributed by atoms with Crippen molar-refractivity contribution in [3.63, 3.8) is 0 Å². The highest BCUT2D eigenvalue weighted by molar-refractivity contribution is 6.33. The molecule has 0 aliphatic rings. The molecule has 1 N–H and O–H groups in total. The third-order valence-electron chi connectivity index (χ3n) is 2.44. The van der Waals surface area contributed by atoms with Crippen LogP contribution in [0.2, 0.25) is 15.3 Å². The minimum absolute atomic E-state index is 0.0397. The van der Waals surface area contributed by atoms with Crippen molar-refractivity contribution >= 4 is 40.6 Å². The van der Waals surface area contributed by atoms with Gasteiger partial charge in [0.25, 0.3) is 0 Å². The van der Waals surface area contributed by atoms with E-state index < -0.39 is 0 Å². The Morgan fingerprint density at radius 2 is 1.83 bits per heavy atom. The Labute approximate surface area is 120 Å². The molecule has 6 heteroatoms. The molecule has 1 unspecified atom stereocenters. The predicted molar refractivity (Wildman–Crippen MR) is 75.5 cm³/mol. The van der Waals surface area contributed by atoms with Gasteiger partial charge in [-0.05, 0) is 30.2 Å². The van der Waals surface area contributed by atoms with E-state index in [1.54, 1.807) is 0 Å². The number of benzene rings is 1. The summed E-state index contributed by atoms with van der Waals surface area (Å²) in [5, 5.41) is 4.41. The van der Waals surface area contributed by atoms with Crippen LogP contribution in [-0.4, -0.2) is 9.97 Å². The van der Waals surface area contributed by atoms with Gasteiger partial charge in [0.05, 0.1) is 12.2 Å². The van der Waals surface area contributed by atoms with E-state index >= 15 is 0 Å². The van der Waals surface area contributed by atoms with E-state index in [2.05, 4.69) is 15.3 Å². The van der Waals surface area contributed by atoms with Gasteiger partial charge in [-0.1, -0.05) is 41.4 Å². The second-order valence-electron chi connectivity index (χ2n) is 3.72.